The summed E-state index contributed by atoms with van der Waals surface area (Å²) in [5.41, 5.74) is 2.79. The van der Waals surface area contributed by atoms with Gasteiger partial charge in [0.05, 0.1) is 55.9 Å². The zero-order chi connectivity index (χ0) is 34.2. The number of carbonyl (C=O) groups is 1. The molecule has 1 aliphatic heterocycles. The molecular weight excluding hydrogens is 656 g/mol. The van der Waals surface area contributed by atoms with Crippen molar-refractivity contribution in [3.8, 4) is 23.0 Å². The Morgan fingerprint density at radius 1 is 0.917 bits per heavy atom. The lowest BCUT2D eigenvalue weighted by Crippen LogP contribution is -2.40. The van der Waals surface area contributed by atoms with E-state index in [4.69, 9.17) is 40.0 Å². The van der Waals surface area contributed by atoms with Crippen LogP contribution in [0.2, 0.25) is 5.02 Å². The van der Waals surface area contributed by atoms with Gasteiger partial charge >= 0.3 is 5.97 Å². The van der Waals surface area contributed by atoms with Gasteiger partial charge in [-0.3, -0.25) is 9.36 Å². The number of aryl methyl sites for hydroxylation is 1. The Morgan fingerprint density at radius 3 is 2.33 bits per heavy atom. The number of benzene rings is 3. The fourth-order valence-corrected chi connectivity index (χ4v) is 6.42. The first-order chi connectivity index (χ1) is 23.2. The zero-order valence-corrected chi connectivity index (χ0v) is 29.0. The highest BCUT2D eigenvalue weighted by molar-refractivity contribution is 7.07. The molecule has 0 fully saturated rings. The first kappa shape index (κ1) is 34.7. The van der Waals surface area contributed by atoms with Gasteiger partial charge in [0, 0.05) is 10.6 Å². The minimum Gasteiger partial charge on any atom is -0.493 e. The van der Waals surface area contributed by atoms with Crippen LogP contribution >= 0.6 is 22.9 Å². The summed E-state index contributed by atoms with van der Waals surface area (Å²) in [6.07, 6.45) is 1.72. The quantitative estimate of drug-likeness (QED) is 0.130. The van der Waals surface area contributed by atoms with Gasteiger partial charge in [-0.2, -0.15) is 0 Å². The molecule has 0 N–H and O–H groups in total. The summed E-state index contributed by atoms with van der Waals surface area (Å²) in [5, 5.41) is 0.481. The van der Waals surface area contributed by atoms with Crippen molar-refractivity contribution < 1.29 is 33.2 Å². The molecule has 0 aliphatic carbocycles. The molecule has 0 radical (unpaired) electrons. The number of allylic oxidation sites excluding steroid dienone is 1. The van der Waals surface area contributed by atoms with E-state index < -0.39 is 12.0 Å². The Hall–Kier alpha value is -4.58. The topological polar surface area (TPSA) is 107 Å². The van der Waals surface area contributed by atoms with Crippen molar-refractivity contribution in [2.45, 2.75) is 26.8 Å². The van der Waals surface area contributed by atoms with Crippen LogP contribution in [0.4, 0.5) is 0 Å². The van der Waals surface area contributed by atoms with Gasteiger partial charge in [0.25, 0.3) is 5.56 Å². The SMILES string of the molecule is CCOC(=O)C1=C(C)N=c2s/c(=C/c3cc(Cl)ccc3OCCOCCOc3ccc(C)cc3)c(=O)n2[C@H]1c1ccc(OC)c(OC)c1. The number of hydrogen-bond donors (Lipinski definition) is 0. The Bertz CT molecular complexity index is 1980. The van der Waals surface area contributed by atoms with E-state index in [1.54, 1.807) is 56.3 Å². The van der Waals surface area contributed by atoms with Crippen molar-refractivity contribution in [2.24, 2.45) is 4.99 Å². The van der Waals surface area contributed by atoms with E-state index in [1.165, 1.54) is 35.7 Å². The highest BCUT2D eigenvalue weighted by Gasteiger charge is 2.34. The second-order valence-corrected chi connectivity index (χ2v) is 12.2. The number of aromatic nitrogens is 1. The lowest BCUT2D eigenvalue weighted by atomic mass is 9.95. The van der Waals surface area contributed by atoms with E-state index in [9.17, 15) is 9.59 Å². The fourth-order valence-electron chi connectivity index (χ4n) is 5.20. The first-order valence-corrected chi connectivity index (χ1v) is 16.5. The lowest BCUT2D eigenvalue weighted by molar-refractivity contribution is -0.139. The molecule has 1 aliphatic rings. The number of carbonyl (C=O) groups excluding carboxylic acids is 1. The van der Waals surface area contributed by atoms with Crippen LogP contribution in [-0.4, -0.2) is 57.8 Å². The highest BCUT2D eigenvalue weighted by atomic mass is 35.5. The fraction of sp³-hybridized carbons (Fsp3) is 0.306. The molecule has 1 aromatic heterocycles. The Morgan fingerprint density at radius 2 is 1.62 bits per heavy atom. The maximum Gasteiger partial charge on any atom is 0.338 e. The molecule has 10 nitrogen and oxygen atoms in total. The van der Waals surface area contributed by atoms with Crippen LogP contribution in [-0.2, 0) is 14.3 Å². The summed E-state index contributed by atoms with van der Waals surface area (Å²) in [6, 6.07) is 17.5. The molecule has 5 rings (SSSR count). The van der Waals surface area contributed by atoms with Gasteiger partial charge in [-0.15, -0.1) is 0 Å². The molecule has 0 spiro atoms. The number of esters is 1. The van der Waals surface area contributed by atoms with Crippen LogP contribution in [0.25, 0.3) is 6.08 Å². The average molecular weight is 693 g/mol. The summed E-state index contributed by atoms with van der Waals surface area (Å²) in [4.78, 5) is 32.5. The van der Waals surface area contributed by atoms with Crippen LogP contribution in [0.5, 0.6) is 23.0 Å². The number of nitrogens with zero attached hydrogens (tertiary/aromatic N) is 2. The van der Waals surface area contributed by atoms with E-state index in [0.29, 0.717) is 68.2 Å². The number of rotatable bonds is 14. The summed E-state index contributed by atoms with van der Waals surface area (Å²) < 4.78 is 35.7. The predicted octanol–water partition coefficient (Wildman–Crippen LogP) is 5.25. The molecule has 2 heterocycles. The summed E-state index contributed by atoms with van der Waals surface area (Å²) in [6.45, 7) is 7.08. The third kappa shape index (κ3) is 7.92. The molecule has 3 aromatic carbocycles. The molecule has 0 saturated carbocycles. The van der Waals surface area contributed by atoms with Crippen LogP contribution in [0, 0.1) is 6.92 Å². The molecule has 1 atom stereocenters. The number of halogens is 1. The van der Waals surface area contributed by atoms with Gasteiger partial charge in [-0.25, -0.2) is 9.79 Å². The molecule has 0 bridgehead atoms. The van der Waals surface area contributed by atoms with Gasteiger partial charge in [0.15, 0.2) is 16.3 Å². The van der Waals surface area contributed by atoms with Crippen molar-refractivity contribution in [3.63, 3.8) is 0 Å². The number of methoxy groups -OCH3 is 2. The van der Waals surface area contributed by atoms with E-state index in [0.717, 1.165) is 5.75 Å². The van der Waals surface area contributed by atoms with E-state index in [1.807, 2.05) is 31.2 Å². The lowest BCUT2D eigenvalue weighted by Gasteiger charge is -2.25. The third-order valence-corrected chi connectivity index (χ3v) is 8.72. The smallest absolute Gasteiger partial charge is 0.338 e. The summed E-state index contributed by atoms with van der Waals surface area (Å²) >= 11 is 7.57. The van der Waals surface area contributed by atoms with E-state index >= 15 is 0 Å². The monoisotopic (exact) mass is 692 g/mol. The minimum atomic E-state index is -0.815. The minimum absolute atomic E-state index is 0.169. The highest BCUT2D eigenvalue weighted by Crippen LogP contribution is 2.36. The van der Waals surface area contributed by atoms with Gasteiger partial charge in [-0.1, -0.05) is 46.7 Å². The predicted molar refractivity (Wildman–Crippen MR) is 184 cm³/mol. The van der Waals surface area contributed by atoms with Crippen molar-refractivity contribution in [2.75, 3.05) is 47.3 Å². The average Bonchev–Trinajstić information content (AvgIpc) is 3.38. The van der Waals surface area contributed by atoms with Crippen molar-refractivity contribution >= 4 is 35.0 Å². The normalized spacial score (nSPS) is 14.3. The van der Waals surface area contributed by atoms with Crippen LogP contribution < -0.4 is 33.8 Å². The van der Waals surface area contributed by atoms with Gasteiger partial charge in [0.1, 0.15) is 24.7 Å². The van der Waals surface area contributed by atoms with E-state index in [-0.39, 0.29) is 24.3 Å². The Balaban J connectivity index is 1.40. The number of hydrogen-bond acceptors (Lipinski definition) is 10. The summed E-state index contributed by atoms with van der Waals surface area (Å²) in [7, 11) is 3.07. The maximum atomic E-state index is 14.1. The Labute approximate surface area is 287 Å². The molecule has 12 heteroatoms. The van der Waals surface area contributed by atoms with Crippen LogP contribution in [0.1, 0.15) is 36.6 Å². The Kier molecular flexibility index (Phi) is 11.6. The second kappa shape index (κ2) is 16.0. The molecule has 0 unspecified atom stereocenters. The van der Waals surface area contributed by atoms with Crippen molar-refractivity contribution in [1.82, 2.24) is 4.57 Å². The van der Waals surface area contributed by atoms with Crippen molar-refractivity contribution in [1.29, 1.82) is 0 Å². The van der Waals surface area contributed by atoms with Gasteiger partial charge < -0.3 is 28.4 Å². The molecule has 0 amide bonds. The number of thiazole rings is 1. The first-order valence-electron chi connectivity index (χ1n) is 15.3. The van der Waals surface area contributed by atoms with Gasteiger partial charge in [0.2, 0.25) is 0 Å². The standard InChI is InChI=1S/C36H37ClN2O8S/c1-6-45-35(41)32-23(3)38-36-39(33(32)24-9-13-29(42-4)30(20-24)43-5)34(40)31(48-36)21-25-19-26(37)10-14-28(25)47-18-16-44-15-17-46-27-11-7-22(2)8-12-27/h7-14,19-21,33H,6,15-18H2,1-5H3/b31-21+/t33-/m0/s1. The second-order valence-electron chi connectivity index (χ2n) is 10.7. The number of ether oxygens (including phenoxy) is 6. The molecule has 0 saturated heterocycles. The number of fused-ring (bicyclic) bond motifs is 1. The van der Waals surface area contributed by atoms with E-state index in [2.05, 4.69) is 4.99 Å². The molecule has 252 valence electrons. The summed E-state index contributed by atoms with van der Waals surface area (Å²) in [5.74, 6) is 1.74. The molecule has 4 aromatic rings. The largest absolute Gasteiger partial charge is 0.493 e. The van der Waals surface area contributed by atoms with Gasteiger partial charge in [-0.05, 0) is 74.9 Å². The third-order valence-electron chi connectivity index (χ3n) is 7.50. The van der Waals surface area contributed by atoms with Crippen molar-refractivity contribution in [3.05, 3.63) is 113 Å². The molecular formula is C36H37ClN2O8S. The zero-order valence-electron chi connectivity index (χ0n) is 27.4. The molecule has 48 heavy (non-hydrogen) atoms. The van der Waals surface area contributed by atoms with Crippen LogP contribution in [0.15, 0.2) is 81.7 Å². The maximum absolute atomic E-state index is 14.1. The van der Waals surface area contributed by atoms with Crippen LogP contribution in [0.3, 0.4) is 0 Å².